The monoisotopic (exact) mass is 572 g/mol. The van der Waals surface area contributed by atoms with Crippen molar-refractivity contribution in [2.45, 2.75) is 25.6 Å². The third-order valence-corrected chi connectivity index (χ3v) is 6.82. The average molecular weight is 573 g/mol. The molecule has 0 saturated carbocycles. The number of likely N-dealkylation sites (N-methyl/N-ethyl adjacent to an activating group) is 1. The molecule has 0 aromatic heterocycles. The molecule has 4 rings (SSSR count). The molecule has 2 aliphatic rings. The van der Waals surface area contributed by atoms with Crippen molar-refractivity contribution in [3.63, 3.8) is 0 Å². The smallest absolute Gasteiger partial charge is 0.303 e. The summed E-state index contributed by atoms with van der Waals surface area (Å²) < 4.78 is 10.8. The Morgan fingerprint density at radius 3 is 2.52 bits per heavy atom. The van der Waals surface area contributed by atoms with Crippen LogP contribution in [-0.4, -0.2) is 91.4 Å². The summed E-state index contributed by atoms with van der Waals surface area (Å²) in [4.78, 5) is 74.6. The molecule has 0 unspecified atom stereocenters. The lowest BCUT2D eigenvalue weighted by molar-refractivity contribution is -0.167. The van der Waals surface area contributed by atoms with Crippen molar-refractivity contribution < 1.29 is 33.4 Å². The van der Waals surface area contributed by atoms with Crippen molar-refractivity contribution in [1.82, 2.24) is 9.80 Å². The van der Waals surface area contributed by atoms with Crippen LogP contribution >= 0.6 is 0 Å². The molecule has 42 heavy (non-hydrogen) atoms. The number of hydrogen-bond donors (Lipinski definition) is 1. The summed E-state index contributed by atoms with van der Waals surface area (Å²) in [6.45, 7) is 16.6. The lowest BCUT2D eigenvalue weighted by atomic mass is 10.1. The van der Waals surface area contributed by atoms with Gasteiger partial charge in [-0.2, -0.15) is 0 Å². The Bertz CT molecular complexity index is 1510. The zero-order valence-corrected chi connectivity index (χ0v) is 23.0. The molecule has 13 nitrogen and oxygen atoms in total. The zero-order chi connectivity index (χ0) is 30.4. The van der Waals surface area contributed by atoms with Gasteiger partial charge < -0.3 is 29.5 Å². The van der Waals surface area contributed by atoms with Crippen LogP contribution in [0.5, 0.6) is 0 Å². The minimum absolute atomic E-state index is 0.0150. The molecule has 0 aliphatic carbocycles. The average Bonchev–Trinajstić information content (AvgIpc) is 2.97. The van der Waals surface area contributed by atoms with Crippen molar-refractivity contribution >= 4 is 52.3 Å². The molecular formula is C29H28N6O7. The maximum Gasteiger partial charge on any atom is 0.303 e. The van der Waals surface area contributed by atoms with Gasteiger partial charge in [0, 0.05) is 45.0 Å². The Morgan fingerprint density at radius 1 is 1.07 bits per heavy atom. The first-order valence-corrected chi connectivity index (χ1v) is 13.0. The Hall–Kier alpha value is -5.27. The molecule has 0 bridgehead atoms. The van der Waals surface area contributed by atoms with E-state index in [1.165, 1.54) is 28.0 Å². The van der Waals surface area contributed by atoms with E-state index in [2.05, 4.69) is 15.0 Å². The Kier molecular flexibility index (Phi) is 9.15. The number of carbonyl (C=O) groups excluding carboxylic acids is 5. The van der Waals surface area contributed by atoms with Crippen LogP contribution in [0.2, 0.25) is 0 Å². The van der Waals surface area contributed by atoms with Crippen molar-refractivity contribution in [1.29, 1.82) is 0 Å². The van der Waals surface area contributed by atoms with E-state index in [0.29, 0.717) is 24.3 Å². The number of esters is 1. The molecular weight excluding hydrogens is 544 g/mol. The molecule has 2 heterocycles. The predicted octanol–water partition coefficient (Wildman–Crippen LogP) is 1.93. The minimum Gasteiger partial charge on any atom is -0.449 e. The van der Waals surface area contributed by atoms with Gasteiger partial charge in [0.2, 0.25) is 17.9 Å². The van der Waals surface area contributed by atoms with Crippen LogP contribution in [0.25, 0.3) is 9.69 Å². The second-order valence-electron chi connectivity index (χ2n) is 9.70. The maximum atomic E-state index is 13.6. The third kappa shape index (κ3) is 6.71. The van der Waals surface area contributed by atoms with E-state index < -0.39 is 30.0 Å². The quantitative estimate of drug-likeness (QED) is 0.396. The van der Waals surface area contributed by atoms with E-state index in [9.17, 15) is 24.0 Å². The fourth-order valence-corrected chi connectivity index (χ4v) is 4.60. The summed E-state index contributed by atoms with van der Waals surface area (Å²) in [5.74, 6) is -2.63. The summed E-state index contributed by atoms with van der Waals surface area (Å²) in [7, 11) is 1.69. The molecule has 2 atom stereocenters. The second kappa shape index (κ2) is 12.9. The number of benzene rings is 2. The molecule has 13 heteroatoms. The largest absolute Gasteiger partial charge is 0.449 e. The fraction of sp³-hybridized carbons (Fsp3) is 0.345. The molecule has 2 aromatic carbocycles. The summed E-state index contributed by atoms with van der Waals surface area (Å²) in [5, 5.41) is 2.53. The number of anilines is 2. The van der Waals surface area contributed by atoms with E-state index in [1.54, 1.807) is 36.2 Å². The highest BCUT2D eigenvalue weighted by atomic mass is 16.6. The number of piperazine rings is 1. The number of nitrogens with zero attached hydrogens (tertiary/aromatic N) is 5. The van der Waals surface area contributed by atoms with Gasteiger partial charge in [0.05, 0.1) is 32.7 Å². The van der Waals surface area contributed by atoms with Gasteiger partial charge in [-0.3, -0.25) is 33.7 Å². The van der Waals surface area contributed by atoms with Crippen LogP contribution < -0.4 is 10.2 Å². The van der Waals surface area contributed by atoms with Gasteiger partial charge in [0.15, 0.2) is 17.5 Å². The van der Waals surface area contributed by atoms with Crippen LogP contribution in [0.4, 0.5) is 22.7 Å². The number of ether oxygens (including phenoxy) is 2. The lowest BCUT2D eigenvalue weighted by Gasteiger charge is -2.35. The highest BCUT2D eigenvalue weighted by molar-refractivity contribution is 6.05. The maximum absolute atomic E-state index is 13.6. The Morgan fingerprint density at radius 2 is 1.83 bits per heavy atom. The fourth-order valence-electron chi connectivity index (χ4n) is 4.60. The van der Waals surface area contributed by atoms with Crippen LogP contribution in [-0.2, 0) is 39.9 Å². The molecule has 216 valence electrons. The molecule has 2 aliphatic heterocycles. The lowest BCUT2D eigenvalue weighted by Crippen LogP contribution is -2.56. The van der Waals surface area contributed by atoms with E-state index in [0.717, 1.165) is 6.92 Å². The summed E-state index contributed by atoms with van der Waals surface area (Å²) in [6, 6.07) is 10.9. The van der Waals surface area contributed by atoms with Crippen LogP contribution in [0.1, 0.15) is 12.5 Å². The topological polar surface area (TPSA) is 134 Å². The first kappa shape index (κ1) is 29.7. The number of rotatable bonds is 7. The number of nitrogens with one attached hydrogen (secondary N) is 1. The predicted molar refractivity (Wildman–Crippen MR) is 150 cm³/mol. The molecule has 1 N–H and O–H groups in total. The first-order chi connectivity index (χ1) is 20.1. The third-order valence-electron chi connectivity index (χ3n) is 6.82. The second-order valence-corrected chi connectivity index (χ2v) is 9.70. The molecule has 2 saturated heterocycles. The van der Waals surface area contributed by atoms with Crippen LogP contribution in [0, 0.1) is 13.1 Å². The SMILES string of the molecule is [C-]#[N+]c1ccc(NC(=O)[C@H](OC(C)=O)[C@H]2OCCN(c3cccc(CC(=O)N4CCN(C)C(=O)C4)c3)C2=O)cc1[N+]#[C-]. The number of morpholine rings is 1. The van der Waals surface area contributed by atoms with Crippen molar-refractivity contribution in [2.75, 3.05) is 50.1 Å². The summed E-state index contributed by atoms with van der Waals surface area (Å²) in [6.07, 6.45) is -3.08. The number of amides is 4. The van der Waals surface area contributed by atoms with Crippen molar-refractivity contribution in [3.8, 4) is 0 Å². The van der Waals surface area contributed by atoms with Gasteiger partial charge in [-0.05, 0) is 23.8 Å². The Labute approximate surface area is 242 Å². The molecule has 0 spiro atoms. The van der Waals surface area contributed by atoms with Crippen molar-refractivity contribution in [2.24, 2.45) is 0 Å². The number of hydrogen-bond acceptors (Lipinski definition) is 7. The van der Waals surface area contributed by atoms with Gasteiger partial charge in [0.1, 0.15) is 0 Å². The standard InChI is InChI=1S/C29H28N6O7/c1-18(36)42-26(28(39)32-20-8-9-22(30-2)23(16-20)31-3)27-29(40)35(12-13-41-27)21-7-5-6-19(14-21)15-24(37)34-11-10-33(4)25(38)17-34/h5-9,14,16,26-27H,10-13,15,17H2,1,4H3,(H,32,39)/t26-,27-/m1/s1. The van der Waals surface area contributed by atoms with Crippen LogP contribution in [0.3, 0.4) is 0 Å². The van der Waals surface area contributed by atoms with E-state index in [-0.39, 0.29) is 55.0 Å². The molecule has 4 amide bonds. The van der Waals surface area contributed by atoms with E-state index in [1.807, 2.05) is 0 Å². The van der Waals surface area contributed by atoms with E-state index in [4.69, 9.17) is 22.6 Å². The van der Waals surface area contributed by atoms with E-state index >= 15 is 0 Å². The van der Waals surface area contributed by atoms with Gasteiger partial charge in [0.25, 0.3) is 11.8 Å². The summed E-state index contributed by atoms with van der Waals surface area (Å²) >= 11 is 0. The highest BCUT2D eigenvalue weighted by Crippen LogP contribution is 2.31. The normalized spacial score (nSPS) is 17.6. The van der Waals surface area contributed by atoms with Crippen LogP contribution in [0.15, 0.2) is 42.5 Å². The van der Waals surface area contributed by atoms with Crippen molar-refractivity contribution in [3.05, 3.63) is 70.9 Å². The van der Waals surface area contributed by atoms with Gasteiger partial charge in [-0.1, -0.05) is 24.3 Å². The zero-order valence-electron chi connectivity index (χ0n) is 23.0. The Balaban J connectivity index is 1.50. The molecule has 2 fully saturated rings. The van der Waals surface area contributed by atoms with Gasteiger partial charge in [-0.25, -0.2) is 0 Å². The van der Waals surface area contributed by atoms with Gasteiger partial charge in [-0.15, -0.1) is 0 Å². The molecule has 2 aromatic rings. The summed E-state index contributed by atoms with van der Waals surface area (Å²) in [5.41, 5.74) is 1.41. The first-order valence-electron chi connectivity index (χ1n) is 13.0. The number of carbonyl (C=O) groups is 5. The highest BCUT2D eigenvalue weighted by Gasteiger charge is 2.42. The van der Waals surface area contributed by atoms with Gasteiger partial charge >= 0.3 is 5.97 Å². The minimum atomic E-state index is -1.64. The molecule has 0 radical (unpaired) electrons.